The van der Waals surface area contributed by atoms with Crippen LogP contribution in [0.25, 0.3) is 0 Å². The van der Waals surface area contributed by atoms with Crippen molar-refractivity contribution in [2.75, 3.05) is 29.9 Å². The summed E-state index contributed by atoms with van der Waals surface area (Å²) in [6.07, 6.45) is 1.40. The Labute approximate surface area is 193 Å². The average molecular weight is 448 g/mol. The van der Waals surface area contributed by atoms with Crippen molar-refractivity contribution in [1.29, 1.82) is 0 Å². The number of nitrogens with zero attached hydrogens (tertiary/aromatic N) is 2. The Hall–Kier alpha value is -3.48. The molecule has 2 aromatic rings. The molecule has 1 unspecified atom stereocenters. The molecule has 0 saturated carbocycles. The minimum atomic E-state index is -0.344. The molecule has 2 aromatic carbocycles. The molecule has 172 valence electrons. The fourth-order valence-electron chi connectivity index (χ4n) is 4.50. The third-order valence-electron chi connectivity index (χ3n) is 6.56. The number of carbonyl (C=O) groups is 4. The van der Waals surface area contributed by atoms with Gasteiger partial charge in [-0.15, -0.1) is 0 Å². The lowest BCUT2D eigenvalue weighted by atomic mass is 9.94. The van der Waals surface area contributed by atoms with Gasteiger partial charge in [0, 0.05) is 48.9 Å². The van der Waals surface area contributed by atoms with Crippen LogP contribution in [-0.2, 0) is 14.4 Å². The number of carbonyl (C=O) groups excluding carboxylic acids is 4. The number of nitrogens with one attached hydrogen (secondary N) is 1. The molecule has 7 nitrogen and oxygen atoms in total. The zero-order chi connectivity index (χ0) is 23.5. The molecule has 2 heterocycles. The van der Waals surface area contributed by atoms with Gasteiger partial charge in [-0.1, -0.05) is 17.7 Å². The lowest BCUT2D eigenvalue weighted by molar-refractivity contribution is -0.138. The normalized spacial score (nSPS) is 19.0. The lowest BCUT2D eigenvalue weighted by Crippen LogP contribution is -2.44. The van der Waals surface area contributed by atoms with Crippen LogP contribution in [-0.4, -0.2) is 48.0 Å². The Kier molecular flexibility index (Phi) is 6.58. The smallest absolute Gasteiger partial charge is 0.228 e. The maximum atomic E-state index is 13.1. The van der Waals surface area contributed by atoms with Crippen molar-refractivity contribution in [2.45, 2.75) is 33.1 Å². The van der Waals surface area contributed by atoms with Crippen molar-refractivity contribution in [2.24, 2.45) is 11.8 Å². The monoisotopic (exact) mass is 447 g/mol. The number of aryl methyl sites for hydroxylation is 1. The van der Waals surface area contributed by atoms with Gasteiger partial charge in [-0.3, -0.25) is 19.2 Å². The highest BCUT2D eigenvalue weighted by Gasteiger charge is 2.38. The summed E-state index contributed by atoms with van der Waals surface area (Å²) in [4.78, 5) is 53.1. The molecule has 2 aliphatic heterocycles. The molecule has 2 saturated heterocycles. The van der Waals surface area contributed by atoms with Crippen LogP contribution in [0.15, 0.2) is 48.5 Å². The van der Waals surface area contributed by atoms with Gasteiger partial charge < -0.3 is 15.1 Å². The topological polar surface area (TPSA) is 86.8 Å². The second-order valence-corrected chi connectivity index (χ2v) is 8.96. The fraction of sp³-hybridized carbons (Fsp3) is 0.385. The van der Waals surface area contributed by atoms with Gasteiger partial charge in [0.2, 0.25) is 17.7 Å². The van der Waals surface area contributed by atoms with E-state index in [1.54, 1.807) is 34.1 Å². The van der Waals surface area contributed by atoms with Gasteiger partial charge >= 0.3 is 0 Å². The number of likely N-dealkylation sites (tertiary alicyclic amines) is 1. The van der Waals surface area contributed by atoms with E-state index in [1.165, 1.54) is 6.92 Å². The first kappa shape index (κ1) is 22.7. The average Bonchev–Trinajstić information content (AvgIpc) is 3.21. The van der Waals surface area contributed by atoms with Gasteiger partial charge in [-0.25, -0.2) is 0 Å². The van der Waals surface area contributed by atoms with Crippen LogP contribution in [0, 0.1) is 18.8 Å². The largest absolute Gasteiger partial charge is 0.342 e. The van der Waals surface area contributed by atoms with Gasteiger partial charge in [0.15, 0.2) is 5.78 Å². The summed E-state index contributed by atoms with van der Waals surface area (Å²) in [5.41, 5.74) is 3.21. The maximum Gasteiger partial charge on any atom is 0.228 e. The van der Waals surface area contributed by atoms with E-state index in [0.717, 1.165) is 11.3 Å². The summed E-state index contributed by atoms with van der Waals surface area (Å²) < 4.78 is 0. The van der Waals surface area contributed by atoms with Crippen molar-refractivity contribution in [3.63, 3.8) is 0 Å². The SMILES string of the molecule is CC(=O)c1ccc(NC(=O)C2CCN(C(=O)C3CC(=O)N(c4ccc(C)cc4)C3)CC2)cc1. The molecule has 33 heavy (non-hydrogen) atoms. The van der Waals surface area contributed by atoms with Crippen LogP contribution in [0.2, 0.25) is 0 Å². The molecule has 2 aliphatic rings. The highest BCUT2D eigenvalue weighted by molar-refractivity contribution is 6.00. The molecular formula is C26H29N3O4. The van der Waals surface area contributed by atoms with Crippen molar-refractivity contribution >= 4 is 34.9 Å². The molecule has 1 N–H and O–H groups in total. The van der Waals surface area contributed by atoms with E-state index in [4.69, 9.17) is 0 Å². The van der Waals surface area contributed by atoms with Crippen LogP contribution in [0.4, 0.5) is 11.4 Å². The standard InChI is InChI=1S/C26H29N3O4/c1-17-3-9-23(10-4-17)29-16-21(15-24(29)31)26(33)28-13-11-20(12-14-28)25(32)27-22-7-5-19(6-8-22)18(2)30/h3-10,20-21H,11-16H2,1-2H3,(H,27,32). The first-order valence-electron chi connectivity index (χ1n) is 11.4. The summed E-state index contributed by atoms with van der Waals surface area (Å²) in [6, 6.07) is 14.6. The van der Waals surface area contributed by atoms with E-state index in [2.05, 4.69) is 5.32 Å². The summed E-state index contributed by atoms with van der Waals surface area (Å²) in [7, 11) is 0. The summed E-state index contributed by atoms with van der Waals surface area (Å²) in [5.74, 6) is -0.631. The van der Waals surface area contributed by atoms with Crippen LogP contribution >= 0.6 is 0 Å². The molecule has 0 bridgehead atoms. The second kappa shape index (κ2) is 9.57. The van der Waals surface area contributed by atoms with Crippen molar-refractivity contribution in [1.82, 2.24) is 4.90 Å². The third kappa shape index (κ3) is 5.13. The van der Waals surface area contributed by atoms with E-state index in [0.29, 0.717) is 43.7 Å². The first-order chi connectivity index (χ1) is 15.8. The molecule has 2 fully saturated rings. The van der Waals surface area contributed by atoms with Gasteiger partial charge in [0.05, 0.1) is 5.92 Å². The molecule has 0 aromatic heterocycles. The van der Waals surface area contributed by atoms with Crippen molar-refractivity contribution in [3.8, 4) is 0 Å². The molecule has 0 radical (unpaired) electrons. The molecule has 4 rings (SSSR count). The highest BCUT2D eigenvalue weighted by Crippen LogP contribution is 2.28. The molecular weight excluding hydrogens is 418 g/mol. The summed E-state index contributed by atoms with van der Waals surface area (Å²) in [6.45, 7) is 4.92. The first-order valence-corrected chi connectivity index (χ1v) is 11.4. The summed E-state index contributed by atoms with van der Waals surface area (Å²) in [5, 5.41) is 2.91. The highest BCUT2D eigenvalue weighted by atomic mass is 16.2. The Morgan fingerprint density at radius 1 is 0.909 bits per heavy atom. The maximum absolute atomic E-state index is 13.1. The predicted molar refractivity (Wildman–Crippen MR) is 126 cm³/mol. The number of hydrogen-bond acceptors (Lipinski definition) is 4. The van der Waals surface area contributed by atoms with Crippen LogP contribution in [0.3, 0.4) is 0 Å². The molecule has 7 heteroatoms. The molecule has 0 aliphatic carbocycles. The molecule has 1 atom stereocenters. The number of Topliss-reactive ketones (excluding diaryl/α,β-unsaturated/α-hetero) is 1. The zero-order valence-corrected chi connectivity index (χ0v) is 19.0. The van der Waals surface area contributed by atoms with Gasteiger partial charge in [-0.05, 0) is 63.1 Å². The van der Waals surface area contributed by atoms with E-state index in [9.17, 15) is 19.2 Å². The van der Waals surface area contributed by atoms with Crippen LogP contribution in [0.5, 0.6) is 0 Å². The number of amides is 3. The number of rotatable bonds is 5. The Morgan fingerprint density at radius 2 is 1.55 bits per heavy atom. The minimum Gasteiger partial charge on any atom is -0.342 e. The van der Waals surface area contributed by atoms with Crippen molar-refractivity contribution in [3.05, 3.63) is 59.7 Å². The predicted octanol–water partition coefficient (Wildman–Crippen LogP) is 3.43. The quantitative estimate of drug-likeness (QED) is 0.712. The Balaban J connectivity index is 1.29. The van der Waals surface area contributed by atoms with E-state index < -0.39 is 0 Å². The Morgan fingerprint density at radius 3 is 2.15 bits per heavy atom. The van der Waals surface area contributed by atoms with Crippen LogP contribution < -0.4 is 10.2 Å². The Bertz CT molecular complexity index is 1050. The van der Waals surface area contributed by atoms with E-state index in [-0.39, 0.29) is 41.8 Å². The number of anilines is 2. The number of piperidine rings is 1. The van der Waals surface area contributed by atoms with Gasteiger partial charge in [0.1, 0.15) is 0 Å². The van der Waals surface area contributed by atoms with Crippen molar-refractivity contribution < 1.29 is 19.2 Å². The van der Waals surface area contributed by atoms with Gasteiger partial charge in [0.25, 0.3) is 0 Å². The van der Waals surface area contributed by atoms with E-state index in [1.807, 2.05) is 31.2 Å². The lowest BCUT2D eigenvalue weighted by Gasteiger charge is -2.33. The minimum absolute atomic E-state index is 0.00311. The summed E-state index contributed by atoms with van der Waals surface area (Å²) >= 11 is 0. The van der Waals surface area contributed by atoms with E-state index >= 15 is 0 Å². The second-order valence-electron chi connectivity index (χ2n) is 8.96. The number of hydrogen-bond donors (Lipinski definition) is 1. The number of ketones is 1. The third-order valence-corrected chi connectivity index (χ3v) is 6.56. The van der Waals surface area contributed by atoms with Gasteiger partial charge in [-0.2, -0.15) is 0 Å². The molecule has 0 spiro atoms. The zero-order valence-electron chi connectivity index (χ0n) is 19.0. The molecule has 3 amide bonds. The number of benzene rings is 2. The van der Waals surface area contributed by atoms with Crippen LogP contribution in [0.1, 0.15) is 42.1 Å². The fourth-order valence-corrected chi connectivity index (χ4v) is 4.50.